The maximum absolute atomic E-state index is 5.31. The number of nitrogens with zero attached hydrogens (tertiary/aromatic N) is 7. The number of hydrogen-bond donors (Lipinski definition) is 1. The van der Waals surface area contributed by atoms with Crippen LogP contribution in [0.2, 0.25) is 0 Å². The van der Waals surface area contributed by atoms with Gasteiger partial charge in [-0.05, 0) is 69.4 Å². The molecule has 4 heterocycles. The van der Waals surface area contributed by atoms with E-state index in [-0.39, 0.29) is 0 Å². The third-order valence-corrected chi connectivity index (χ3v) is 8.58. The van der Waals surface area contributed by atoms with Gasteiger partial charge in [0.25, 0.3) is 0 Å². The first kappa shape index (κ1) is 25.4. The lowest BCUT2D eigenvalue weighted by atomic mass is 10.2. The molecule has 1 aromatic carbocycles. The Morgan fingerprint density at radius 1 is 0.895 bits per heavy atom. The van der Waals surface area contributed by atoms with Crippen LogP contribution in [0.5, 0.6) is 5.75 Å². The SMILES string of the molecule is COc1ccc(CNc2nc(N3CCN(C4CCCC4)CC3)c3ncn(CCCN4CCCC4)c3n2)cc1. The minimum Gasteiger partial charge on any atom is -0.497 e. The summed E-state index contributed by atoms with van der Waals surface area (Å²) in [6, 6.07) is 8.92. The van der Waals surface area contributed by atoms with Gasteiger partial charge in [0.2, 0.25) is 5.95 Å². The van der Waals surface area contributed by atoms with Crippen LogP contribution >= 0.6 is 0 Å². The Hall–Kier alpha value is -2.91. The average Bonchev–Trinajstić information content (AvgIpc) is 3.75. The Morgan fingerprint density at radius 3 is 2.39 bits per heavy atom. The van der Waals surface area contributed by atoms with Crippen molar-refractivity contribution in [3.05, 3.63) is 36.2 Å². The summed E-state index contributed by atoms with van der Waals surface area (Å²) >= 11 is 0. The van der Waals surface area contributed by atoms with Crippen LogP contribution in [0.1, 0.15) is 50.5 Å². The highest BCUT2D eigenvalue weighted by Gasteiger charge is 2.28. The molecule has 1 saturated carbocycles. The summed E-state index contributed by atoms with van der Waals surface area (Å²) in [6.45, 7) is 9.38. The molecule has 0 atom stereocenters. The van der Waals surface area contributed by atoms with E-state index in [0.29, 0.717) is 12.5 Å². The van der Waals surface area contributed by atoms with Gasteiger partial charge in [-0.25, -0.2) is 4.98 Å². The van der Waals surface area contributed by atoms with E-state index in [1.165, 1.54) is 57.2 Å². The van der Waals surface area contributed by atoms with E-state index in [0.717, 1.165) is 74.5 Å². The average molecular weight is 519 g/mol. The van der Waals surface area contributed by atoms with Crippen LogP contribution in [-0.2, 0) is 13.1 Å². The smallest absolute Gasteiger partial charge is 0.227 e. The number of ether oxygens (including phenoxy) is 1. The number of methoxy groups -OCH3 is 1. The number of benzene rings is 1. The highest BCUT2D eigenvalue weighted by molar-refractivity contribution is 5.85. The monoisotopic (exact) mass is 518 g/mol. The fourth-order valence-corrected chi connectivity index (χ4v) is 6.36. The minimum absolute atomic E-state index is 0.660. The van der Waals surface area contributed by atoms with Gasteiger partial charge in [0.15, 0.2) is 17.0 Å². The molecule has 2 aliphatic heterocycles. The molecule has 0 unspecified atom stereocenters. The number of fused-ring (bicyclic) bond motifs is 1. The van der Waals surface area contributed by atoms with Gasteiger partial charge in [0, 0.05) is 45.3 Å². The molecular formula is C29H42N8O. The number of likely N-dealkylation sites (tertiary alicyclic amines) is 1. The van der Waals surface area contributed by atoms with E-state index in [1.54, 1.807) is 7.11 Å². The van der Waals surface area contributed by atoms with Gasteiger partial charge in [-0.15, -0.1) is 0 Å². The van der Waals surface area contributed by atoms with Crippen molar-refractivity contribution in [2.24, 2.45) is 0 Å². The van der Waals surface area contributed by atoms with Crippen molar-refractivity contribution in [2.75, 3.05) is 63.1 Å². The molecule has 0 spiro atoms. The van der Waals surface area contributed by atoms with Gasteiger partial charge in [0.1, 0.15) is 5.75 Å². The molecule has 6 rings (SSSR count). The van der Waals surface area contributed by atoms with Crippen LogP contribution in [-0.4, -0.2) is 88.3 Å². The van der Waals surface area contributed by atoms with Crippen molar-refractivity contribution in [2.45, 2.75) is 64.1 Å². The lowest BCUT2D eigenvalue weighted by Gasteiger charge is -2.38. The molecule has 1 N–H and O–H groups in total. The third kappa shape index (κ3) is 5.73. The lowest BCUT2D eigenvalue weighted by molar-refractivity contribution is 0.187. The number of piperazine rings is 1. The van der Waals surface area contributed by atoms with Crippen molar-refractivity contribution in [3.63, 3.8) is 0 Å². The molecule has 9 heteroatoms. The van der Waals surface area contributed by atoms with E-state index in [2.05, 4.69) is 36.7 Å². The summed E-state index contributed by atoms with van der Waals surface area (Å²) in [7, 11) is 1.69. The molecule has 1 aliphatic carbocycles. The summed E-state index contributed by atoms with van der Waals surface area (Å²) in [6.07, 6.45) is 11.2. The second-order valence-corrected chi connectivity index (χ2v) is 11.0. The number of aromatic nitrogens is 4. The van der Waals surface area contributed by atoms with E-state index in [1.807, 2.05) is 18.5 Å². The molecule has 0 radical (unpaired) electrons. The zero-order valence-corrected chi connectivity index (χ0v) is 22.8. The van der Waals surface area contributed by atoms with Gasteiger partial charge < -0.3 is 24.4 Å². The highest BCUT2D eigenvalue weighted by Crippen LogP contribution is 2.29. The number of hydrogen-bond acceptors (Lipinski definition) is 8. The predicted octanol–water partition coefficient (Wildman–Crippen LogP) is 4.00. The summed E-state index contributed by atoms with van der Waals surface area (Å²) in [5.74, 6) is 2.50. The Labute approximate surface area is 226 Å². The van der Waals surface area contributed by atoms with Crippen LogP contribution in [0, 0.1) is 0 Å². The quantitative estimate of drug-likeness (QED) is 0.432. The number of aryl methyl sites for hydroxylation is 1. The molecule has 0 amide bonds. The molecule has 38 heavy (non-hydrogen) atoms. The van der Waals surface area contributed by atoms with Crippen molar-refractivity contribution in [1.29, 1.82) is 0 Å². The molecule has 3 aromatic rings. The number of imidazole rings is 1. The van der Waals surface area contributed by atoms with Gasteiger partial charge in [-0.3, -0.25) is 4.90 Å². The van der Waals surface area contributed by atoms with E-state index < -0.39 is 0 Å². The molecular weight excluding hydrogens is 476 g/mol. The standard InChI is InChI=1S/C29H42N8O/c1-38-25-11-9-23(10-12-25)21-30-29-32-27(36-19-17-35(18-20-36)24-7-2-3-8-24)26-28(33-29)37(22-31-26)16-6-15-34-13-4-5-14-34/h9-12,22,24H,2-8,13-21H2,1H3,(H,30,32,33). The zero-order chi connectivity index (χ0) is 25.7. The van der Waals surface area contributed by atoms with E-state index >= 15 is 0 Å². The van der Waals surface area contributed by atoms with Crippen molar-refractivity contribution in [1.82, 2.24) is 29.3 Å². The molecule has 2 saturated heterocycles. The van der Waals surface area contributed by atoms with Gasteiger partial charge in [0.05, 0.1) is 13.4 Å². The van der Waals surface area contributed by atoms with Crippen LogP contribution in [0.4, 0.5) is 11.8 Å². The Morgan fingerprint density at radius 2 is 1.66 bits per heavy atom. The molecule has 3 fully saturated rings. The Kier molecular flexibility index (Phi) is 7.92. The summed E-state index contributed by atoms with van der Waals surface area (Å²) in [5, 5.41) is 3.49. The van der Waals surface area contributed by atoms with Crippen molar-refractivity contribution in [3.8, 4) is 5.75 Å². The Bertz CT molecular complexity index is 1180. The molecule has 0 bridgehead atoms. The van der Waals surface area contributed by atoms with Crippen LogP contribution < -0.4 is 15.0 Å². The Balaban J connectivity index is 1.20. The van der Waals surface area contributed by atoms with Crippen LogP contribution in [0.25, 0.3) is 11.2 Å². The largest absolute Gasteiger partial charge is 0.497 e. The molecule has 2 aromatic heterocycles. The lowest BCUT2D eigenvalue weighted by Crippen LogP contribution is -2.50. The van der Waals surface area contributed by atoms with E-state index in [4.69, 9.17) is 19.7 Å². The van der Waals surface area contributed by atoms with Crippen molar-refractivity contribution < 1.29 is 4.74 Å². The first-order valence-corrected chi connectivity index (χ1v) is 14.6. The predicted molar refractivity (Wildman–Crippen MR) is 152 cm³/mol. The van der Waals surface area contributed by atoms with Crippen LogP contribution in [0.15, 0.2) is 30.6 Å². The number of nitrogens with one attached hydrogen (secondary N) is 1. The summed E-state index contributed by atoms with van der Waals surface area (Å²) in [4.78, 5) is 22.5. The van der Waals surface area contributed by atoms with Gasteiger partial charge in [-0.2, -0.15) is 9.97 Å². The first-order chi connectivity index (χ1) is 18.8. The maximum Gasteiger partial charge on any atom is 0.227 e. The highest BCUT2D eigenvalue weighted by atomic mass is 16.5. The third-order valence-electron chi connectivity index (χ3n) is 8.58. The molecule has 3 aliphatic rings. The topological polar surface area (TPSA) is 74.6 Å². The minimum atomic E-state index is 0.660. The fourth-order valence-electron chi connectivity index (χ4n) is 6.36. The second-order valence-electron chi connectivity index (χ2n) is 11.0. The molecule has 9 nitrogen and oxygen atoms in total. The second kappa shape index (κ2) is 11.9. The van der Waals surface area contributed by atoms with Crippen molar-refractivity contribution >= 4 is 22.9 Å². The molecule has 204 valence electrons. The van der Waals surface area contributed by atoms with Gasteiger partial charge in [-0.1, -0.05) is 25.0 Å². The normalized spacial score (nSPS) is 19.6. The van der Waals surface area contributed by atoms with E-state index in [9.17, 15) is 0 Å². The summed E-state index contributed by atoms with van der Waals surface area (Å²) in [5.41, 5.74) is 3.03. The zero-order valence-electron chi connectivity index (χ0n) is 22.8. The number of anilines is 2. The number of rotatable bonds is 10. The summed E-state index contributed by atoms with van der Waals surface area (Å²) < 4.78 is 7.53. The maximum atomic E-state index is 5.31. The van der Waals surface area contributed by atoms with Crippen LogP contribution in [0.3, 0.4) is 0 Å². The fraction of sp³-hybridized carbons (Fsp3) is 0.621. The van der Waals surface area contributed by atoms with Gasteiger partial charge >= 0.3 is 0 Å². The first-order valence-electron chi connectivity index (χ1n) is 14.6.